The van der Waals surface area contributed by atoms with Crippen molar-refractivity contribution in [3.63, 3.8) is 0 Å². The van der Waals surface area contributed by atoms with Crippen molar-refractivity contribution in [1.82, 2.24) is 0 Å². The third kappa shape index (κ3) is 6.78. The molecule has 0 bridgehead atoms. The molecule has 0 radical (unpaired) electrons. The van der Waals surface area contributed by atoms with Gasteiger partial charge in [0.2, 0.25) is 6.20 Å². The van der Waals surface area contributed by atoms with Crippen LogP contribution in [-0.2, 0) is 0 Å². The quantitative estimate of drug-likeness (QED) is 0.393. The van der Waals surface area contributed by atoms with Crippen molar-refractivity contribution >= 4 is 44.0 Å². The molecule has 0 saturated heterocycles. The van der Waals surface area contributed by atoms with E-state index in [2.05, 4.69) is 31.9 Å². The number of methoxy groups -OCH3 is 2. The van der Waals surface area contributed by atoms with Crippen molar-refractivity contribution < 1.29 is 24.6 Å². The number of nitrogens with zero attached hydrogens (tertiary/aromatic N) is 1. The van der Waals surface area contributed by atoms with E-state index in [1.807, 2.05) is 0 Å². The molecule has 8 nitrogen and oxygen atoms in total. The van der Waals surface area contributed by atoms with Gasteiger partial charge in [0.1, 0.15) is 0 Å². The van der Waals surface area contributed by atoms with E-state index in [4.69, 9.17) is 15.2 Å². The minimum absolute atomic E-state index is 0.0660. The summed E-state index contributed by atoms with van der Waals surface area (Å²) in [4.78, 5) is 9.53. The smallest absolute Gasteiger partial charge is 0.235 e. The molecule has 0 fully saturated rings. The van der Waals surface area contributed by atoms with E-state index in [0.717, 1.165) is 16.2 Å². The number of benzene rings is 2. The van der Waals surface area contributed by atoms with Crippen LogP contribution in [0.3, 0.4) is 0 Å². The molecule has 0 spiro atoms. The lowest BCUT2D eigenvalue weighted by molar-refractivity contribution is -0.400. The zero-order valence-corrected chi connectivity index (χ0v) is 18.1. The van der Waals surface area contributed by atoms with Crippen LogP contribution in [0.4, 0.5) is 0 Å². The van der Waals surface area contributed by atoms with Gasteiger partial charge in [-0.1, -0.05) is 31.9 Å². The minimum Gasteiger partial charge on any atom is -0.504 e. The Balaban J connectivity index is 0.000000283. The van der Waals surface area contributed by atoms with Crippen LogP contribution in [0, 0.1) is 10.1 Å². The van der Waals surface area contributed by atoms with Gasteiger partial charge in [0.15, 0.2) is 23.0 Å². The normalized spacial score (nSPS) is 10.6. The molecule has 10 heteroatoms. The lowest BCUT2D eigenvalue weighted by Gasteiger charge is -2.05. The topological polar surface area (TPSA) is 128 Å². The lowest BCUT2D eigenvalue weighted by atomic mass is 10.2. The van der Waals surface area contributed by atoms with Crippen molar-refractivity contribution in [3.8, 4) is 23.0 Å². The predicted molar refractivity (Wildman–Crippen MR) is 114 cm³/mol. The average Bonchev–Trinajstić information content (AvgIpc) is 2.65. The van der Waals surface area contributed by atoms with E-state index in [1.54, 1.807) is 18.2 Å². The number of hydrogen-bond donors (Lipinski definition) is 3. The summed E-state index contributed by atoms with van der Waals surface area (Å²) in [6.07, 6.45) is 5.17. The number of aromatic hydroxyl groups is 2. The number of phenolic OH excluding ortho intramolecular Hbond substituents is 2. The van der Waals surface area contributed by atoms with Gasteiger partial charge in [-0.2, -0.15) is 0 Å². The molecule has 2 aromatic rings. The fourth-order valence-electron chi connectivity index (χ4n) is 1.95. The highest BCUT2D eigenvalue weighted by Crippen LogP contribution is 2.33. The second-order valence-corrected chi connectivity index (χ2v) is 6.76. The van der Waals surface area contributed by atoms with E-state index >= 15 is 0 Å². The summed E-state index contributed by atoms with van der Waals surface area (Å²) in [6, 6.07) is 6.18. The number of nitro groups is 1. The van der Waals surface area contributed by atoms with E-state index in [1.165, 1.54) is 38.6 Å². The number of nitrogens with two attached hydrogens (primary N) is 1. The molecule has 0 amide bonds. The monoisotopic (exact) mass is 516 g/mol. The van der Waals surface area contributed by atoms with Gasteiger partial charge in [0, 0.05) is 15.0 Å². The molecule has 0 aliphatic rings. The molecular weight excluding hydrogens is 500 g/mol. The predicted octanol–water partition coefficient (Wildman–Crippen LogP) is 4.50. The molecule has 4 N–H and O–H groups in total. The van der Waals surface area contributed by atoms with Crippen molar-refractivity contribution in [3.05, 3.63) is 66.9 Å². The van der Waals surface area contributed by atoms with Gasteiger partial charge < -0.3 is 25.4 Å². The van der Waals surface area contributed by atoms with Gasteiger partial charge in [-0.25, -0.2) is 0 Å². The summed E-state index contributed by atoms with van der Waals surface area (Å²) in [6.45, 7) is 0. The molecule has 2 aromatic carbocycles. The minimum atomic E-state index is -0.576. The van der Waals surface area contributed by atoms with Gasteiger partial charge in [0.25, 0.3) is 0 Å². The zero-order valence-electron chi connectivity index (χ0n) is 14.9. The molecule has 0 atom stereocenters. The van der Waals surface area contributed by atoms with E-state index in [0.29, 0.717) is 21.5 Å². The SMILES string of the molecule is COc1cc(Br)c(/C=C/N)cc1O.COc1cc(Br)c(/C=C/[N+](=O)[O-])cc1O. The van der Waals surface area contributed by atoms with Crippen molar-refractivity contribution in [2.45, 2.75) is 0 Å². The standard InChI is InChI=1S/C9H8BrNO4.C9H10BrNO2/c1-15-9-5-7(10)6(4-8(9)12)2-3-11(13)14;1-13-9-5-7(10)6(2-3-11)4-8(9)12/h2-5,12H,1H3;2-5,12H,11H2,1H3/b2*3-2+. The molecule has 0 aromatic heterocycles. The summed E-state index contributed by atoms with van der Waals surface area (Å²) in [5.74, 6) is 0.767. The van der Waals surface area contributed by atoms with Crippen molar-refractivity contribution in [1.29, 1.82) is 0 Å². The summed E-state index contributed by atoms with van der Waals surface area (Å²) >= 11 is 6.53. The van der Waals surface area contributed by atoms with Gasteiger partial charge in [-0.3, -0.25) is 10.1 Å². The highest BCUT2D eigenvalue weighted by atomic mass is 79.9. The van der Waals surface area contributed by atoms with Crippen molar-refractivity contribution in [2.75, 3.05) is 14.2 Å². The lowest BCUT2D eigenvalue weighted by Crippen LogP contribution is -1.87. The van der Waals surface area contributed by atoms with Crippen LogP contribution in [0.25, 0.3) is 12.2 Å². The molecule has 28 heavy (non-hydrogen) atoms. The first-order valence-corrected chi connectivity index (χ1v) is 9.15. The Hall–Kier alpha value is -2.72. The average molecular weight is 518 g/mol. The van der Waals surface area contributed by atoms with Crippen LogP contribution in [0.15, 0.2) is 45.6 Å². The third-order valence-corrected chi connectivity index (χ3v) is 4.62. The molecule has 2 rings (SSSR count). The summed E-state index contributed by atoms with van der Waals surface area (Å²) in [5, 5.41) is 29.0. The number of rotatable bonds is 5. The van der Waals surface area contributed by atoms with E-state index in [-0.39, 0.29) is 11.5 Å². The fraction of sp³-hybridized carbons (Fsp3) is 0.111. The number of ether oxygens (including phenoxy) is 2. The van der Waals surface area contributed by atoms with Crippen LogP contribution in [0.5, 0.6) is 23.0 Å². The Morgan fingerprint density at radius 3 is 1.75 bits per heavy atom. The molecule has 0 aliphatic carbocycles. The Bertz CT molecular complexity index is 900. The van der Waals surface area contributed by atoms with Gasteiger partial charge >= 0.3 is 0 Å². The first-order valence-electron chi connectivity index (χ1n) is 7.56. The summed E-state index contributed by atoms with van der Waals surface area (Å²) in [7, 11) is 2.92. The molecular formula is C18H18Br2N2O6. The fourth-order valence-corrected chi connectivity index (χ4v) is 2.86. The first kappa shape index (κ1) is 23.3. The maximum Gasteiger partial charge on any atom is 0.235 e. The van der Waals surface area contributed by atoms with Crippen LogP contribution in [0.1, 0.15) is 11.1 Å². The maximum atomic E-state index is 10.1. The molecule has 150 valence electrons. The Morgan fingerprint density at radius 2 is 1.39 bits per heavy atom. The van der Waals surface area contributed by atoms with E-state index in [9.17, 15) is 20.3 Å². The summed E-state index contributed by atoms with van der Waals surface area (Å²) in [5.41, 5.74) is 6.55. The second-order valence-electron chi connectivity index (χ2n) is 5.05. The zero-order chi connectivity index (χ0) is 21.3. The van der Waals surface area contributed by atoms with Gasteiger partial charge in [0.05, 0.1) is 19.1 Å². The van der Waals surface area contributed by atoms with Crippen LogP contribution >= 0.6 is 31.9 Å². The van der Waals surface area contributed by atoms with Crippen LogP contribution in [0.2, 0.25) is 0 Å². The molecule has 0 heterocycles. The molecule has 0 aliphatic heterocycles. The second kappa shape index (κ2) is 11.2. The highest BCUT2D eigenvalue weighted by Gasteiger charge is 2.07. The van der Waals surface area contributed by atoms with Gasteiger partial charge in [-0.05, 0) is 47.7 Å². The number of hydrogen-bond acceptors (Lipinski definition) is 7. The van der Waals surface area contributed by atoms with Gasteiger partial charge in [-0.15, -0.1) is 0 Å². The Labute approximate surface area is 178 Å². The van der Waals surface area contributed by atoms with Crippen LogP contribution in [-0.4, -0.2) is 29.4 Å². The van der Waals surface area contributed by atoms with Crippen molar-refractivity contribution in [2.24, 2.45) is 5.73 Å². The third-order valence-electron chi connectivity index (χ3n) is 3.25. The number of phenols is 2. The van der Waals surface area contributed by atoms with E-state index < -0.39 is 4.92 Å². The Kier molecular flexibility index (Phi) is 9.33. The maximum absolute atomic E-state index is 10.1. The number of halogens is 2. The highest BCUT2D eigenvalue weighted by molar-refractivity contribution is 9.10. The van der Waals surface area contributed by atoms with Crippen LogP contribution < -0.4 is 15.2 Å². The molecule has 0 unspecified atom stereocenters. The summed E-state index contributed by atoms with van der Waals surface area (Å²) < 4.78 is 11.2. The first-order chi connectivity index (χ1) is 13.2. The largest absolute Gasteiger partial charge is 0.504 e. The Morgan fingerprint density at radius 1 is 0.964 bits per heavy atom. The molecule has 0 saturated carbocycles.